The molecular weight excluding hydrogens is 286 g/mol. The van der Waals surface area contributed by atoms with Gasteiger partial charge in [0.05, 0.1) is 22.4 Å². The van der Waals surface area contributed by atoms with Crippen LogP contribution >= 0.6 is 0 Å². The Morgan fingerprint density at radius 2 is 1.95 bits per heavy atom. The molecule has 1 aromatic heterocycles. The van der Waals surface area contributed by atoms with Gasteiger partial charge in [0.2, 0.25) is 0 Å². The van der Waals surface area contributed by atoms with Crippen molar-refractivity contribution in [3.63, 3.8) is 0 Å². The van der Waals surface area contributed by atoms with Gasteiger partial charge in [0, 0.05) is 12.1 Å². The predicted octanol–water partition coefficient (Wildman–Crippen LogP) is 1.74. The van der Waals surface area contributed by atoms with Crippen LogP contribution in [0.5, 0.6) is 0 Å². The molecule has 0 aliphatic rings. The molecule has 22 heavy (non-hydrogen) atoms. The Kier molecular flexibility index (Phi) is 3.89. The minimum absolute atomic E-state index is 0.00208. The van der Waals surface area contributed by atoms with E-state index < -0.39 is 4.92 Å². The van der Waals surface area contributed by atoms with Crippen molar-refractivity contribution in [2.45, 2.75) is 0 Å². The molecular formula is C13H5N7O2. The topological polar surface area (TPSA) is 152 Å². The highest BCUT2D eigenvalue weighted by Crippen LogP contribution is 2.25. The molecule has 0 saturated heterocycles. The van der Waals surface area contributed by atoms with Crippen LogP contribution in [0, 0.1) is 44.1 Å². The van der Waals surface area contributed by atoms with E-state index in [2.05, 4.69) is 15.3 Å². The summed E-state index contributed by atoms with van der Waals surface area (Å²) in [5, 5.41) is 40.2. The minimum atomic E-state index is -0.624. The summed E-state index contributed by atoms with van der Waals surface area (Å²) in [6, 6.07) is 9.01. The zero-order valence-electron chi connectivity index (χ0n) is 10.8. The van der Waals surface area contributed by atoms with Crippen LogP contribution in [0.25, 0.3) is 0 Å². The fraction of sp³-hybridized carbons (Fsp3) is 0. The highest BCUT2D eigenvalue weighted by Gasteiger charge is 2.13. The third kappa shape index (κ3) is 2.77. The Hall–Kier alpha value is -4.03. The van der Waals surface area contributed by atoms with Gasteiger partial charge in [-0.05, 0) is 6.07 Å². The van der Waals surface area contributed by atoms with Crippen molar-refractivity contribution >= 4 is 17.2 Å². The predicted molar refractivity (Wildman–Crippen MR) is 72.6 cm³/mol. The number of nitrogens with one attached hydrogen (secondary N) is 1. The van der Waals surface area contributed by atoms with Crippen molar-refractivity contribution in [1.29, 1.82) is 15.8 Å². The molecule has 0 radical (unpaired) electrons. The Bertz CT molecular complexity index is 887. The van der Waals surface area contributed by atoms with Gasteiger partial charge in [-0.25, -0.2) is 9.97 Å². The molecule has 2 rings (SSSR count). The van der Waals surface area contributed by atoms with Crippen molar-refractivity contribution in [2.75, 3.05) is 5.32 Å². The normalized spacial score (nSPS) is 9.14. The van der Waals surface area contributed by atoms with Crippen LogP contribution in [0.15, 0.2) is 24.4 Å². The smallest absolute Gasteiger partial charge is 0.270 e. The molecule has 0 spiro atoms. The maximum Gasteiger partial charge on any atom is 0.270 e. The first-order valence-corrected chi connectivity index (χ1v) is 5.72. The molecule has 0 fully saturated rings. The molecule has 1 heterocycles. The molecule has 1 N–H and O–H groups in total. The first-order chi connectivity index (χ1) is 10.6. The summed E-state index contributed by atoms with van der Waals surface area (Å²) < 4.78 is 0. The molecule has 9 nitrogen and oxygen atoms in total. The van der Waals surface area contributed by atoms with Gasteiger partial charge in [-0.2, -0.15) is 15.8 Å². The third-order valence-electron chi connectivity index (χ3n) is 2.58. The third-order valence-corrected chi connectivity index (χ3v) is 2.58. The molecule has 0 aliphatic heterocycles. The zero-order chi connectivity index (χ0) is 16.1. The van der Waals surface area contributed by atoms with E-state index in [4.69, 9.17) is 15.8 Å². The van der Waals surface area contributed by atoms with Gasteiger partial charge in [-0.3, -0.25) is 10.1 Å². The average Bonchev–Trinajstić information content (AvgIpc) is 2.54. The summed E-state index contributed by atoms with van der Waals surface area (Å²) in [6.07, 6.45) is 1.14. The maximum atomic E-state index is 10.7. The lowest BCUT2D eigenvalue weighted by Crippen LogP contribution is -2.03. The van der Waals surface area contributed by atoms with Crippen LogP contribution in [0.2, 0.25) is 0 Å². The SMILES string of the molecule is N#Cc1cnc(C#N)c(Nc2ccc([N+](=O)[O-])cc2C#N)n1. The van der Waals surface area contributed by atoms with Crippen LogP contribution in [0.3, 0.4) is 0 Å². The van der Waals surface area contributed by atoms with Gasteiger partial charge in [0.15, 0.2) is 17.2 Å². The van der Waals surface area contributed by atoms with E-state index in [0.29, 0.717) is 0 Å². The fourth-order valence-electron chi connectivity index (χ4n) is 1.59. The van der Waals surface area contributed by atoms with E-state index in [-0.39, 0.29) is 34.1 Å². The largest absolute Gasteiger partial charge is 0.337 e. The summed E-state index contributed by atoms with van der Waals surface area (Å²) in [7, 11) is 0. The number of rotatable bonds is 3. The monoisotopic (exact) mass is 291 g/mol. The number of benzene rings is 1. The van der Waals surface area contributed by atoms with Gasteiger partial charge in [-0.1, -0.05) is 0 Å². The van der Waals surface area contributed by atoms with E-state index in [1.54, 1.807) is 12.1 Å². The van der Waals surface area contributed by atoms with Gasteiger partial charge in [-0.15, -0.1) is 0 Å². The Labute approximate surface area is 123 Å². The quantitative estimate of drug-likeness (QED) is 0.662. The van der Waals surface area contributed by atoms with Crippen molar-refractivity contribution in [2.24, 2.45) is 0 Å². The number of hydrogen-bond acceptors (Lipinski definition) is 8. The Morgan fingerprint density at radius 1 is 1.18 bits per heavy atom. The van der Waals surface area contributed by atoms with Crippen LogP contribution in [-0.4, -0.2) is 14.9 Å². The van der Waals surface area contributed by atoms with E-state index >= 15 is 0 Å². The van der Waals surface area contributed by atoms with Crippen LogP contribution in [-0.2, 0) is 0 Å². The Morgan fingerprint density at radius 3 is 2.55 bits per heavy atom. The number of nitro benzene ring substituents is 1. The number of hydrogen-bond donors (Lipinski definition) is 1. The number of non-ortho nitro benzene ring substituents is 1. The first-order valence-electron chi connectivity index (χ1n) is 5.72. The van der Waals surface area contributed by atoms with Crippen LogP contribution in [0.1, 0.15) is 17.0 Å². The number of aromatic nitrogens is 2. The summed E-state index contributed by atoms with van der Waals surface area (Å²) in [5.41, 5.74) is -0.0983. The summed E-state index contributed by atoms with van der Waals surface area (Å²) in [4.78, 5) is 17.7. The molecule has 104 valence electrons. The molecule has 0 atom stereocenters. The summed E-state index contributed by atoms with van der Waals surface area (Å²) >= 11 is 0. The molecule has 0 unspecified atom stereocenters. The second-order valence-electron chi connectivity index (χ2n) is 3.90. The molecule has 2 aromatic rings. The minimum Gasteiger partial charge on any atom is -0.337 e. The maximum absolute atomic E-state index is 10.7. The van der Waals surface area contributed by atoms with E-state index in [9.17, 15) is 10.1 Å². The number of anilines is 2. The van der Waals surface area contributed by atoms with Gasteiger partial charge in [0.1, 0.15) is 18.2 Å². The summed E-state index contributed by atoms with van der Waals surface area (Å²) in [5.74, 6) is -0.00750. The van der Waals surface area contributed by atoms with E-state index in [1.165, 1.54) is 12.1 Å². The standard InChI is InChI=1S/C13H5N7O2/c14-4-8-3-10(20(21)22)1-2-11(8)19-13-12(6-16)17-7-9(5-15)18-13/h1-3,7H,(H,18,19). The highest BCUT2D eigenvalue weighted by atomic mass is 16.6. The molecule has 0 amide bonds. The molecule has 0 saturated carbocycles. The van der Waals surface area contributed by atoms with E-state index in [0.717, 1.165) is 12.3 Å². The van der Waals surface area contributed by atoms with Crippen LogP contribution < -0.4 is 5.32 Å². The molecule has 9 heteroatoms. The zero-order valence-corrected chi connectivity index (χ0v) is 10.8. The molecule has 1 aromatic carbocycles. The van der Waals surface area contributed by atoms with Gasteiger partial charge >= 0.3 is 0 Å². The summed E-state index contributed by atoms with van der Waals surface area (Å²) in [6.45, 7) is 0. The number of nitro groups is 1. The first kappa shape index (κ1) is 14.4. The lowest BCUT2D eigenvalue weighted by Gasteiger charge is -2.08. The van der Waals surface area contributed by atoms with Crippen LogP contribution in [0.4, 0.5) is 17.2 Å². The van der Waals surface area contributed by atoms with Crippen molar-refractivity contribution < 1.29 is 4.92 Å². The molecule has 0 bridgehead atoms. The highest BCUT2D eigenvalue weighted by molar-refractivity contribution is 5.69. The van der Waals surface area contributed by atoms with E-state index in [1.807, 2.05) is 6.07 Å². The lowest BCUT2D eigenvalue weighted by atomic mass is 10.1. The van der Waals surface area contributed by atoms with Crippen molar-refractivity contribution in [1.82, 2.24) is 9.97 Å². The average molecular weight is 291 g/mol. The van der Waals surface area contributed by atoms with Crippen molar-refractivity contribution in [3.05, 3.63) is 51.5 Å². The Balaban J connectivity index is 2.48. The van der Waals surface area contributed by atoms with Gasteiger partial charge < -0.3 is 5.32 Å². The lowest BCUT2D eigenvalue weighted by molar-refractivity contribution is -0.384. The van der Waals surface area contributed by atoms with Gasteiger partial charge in [0.25, 0.3) is 5.69 Å². The number of nitriles is 3. The molecule has 0 aliphatic carbocycles. The number of nitrogens with zero attached hydrogens (tertiary/aromatic N) is 6. The fourth-order valence-corrected chi connectivity index (χ4v) is 1.59. The second kappa shape index (κ2) is 5.95. The van der Waals surface area contributed by atoms with Crippen molar-refractivity contribution in [3.8, 4) is 18.2 Å². The second-order valence-corrected chi connectivity index (χ2v) is 3.90.